The van der Waals surface area contributed by atoms with Gasteiger partial charge in [-0.05, 0) is 38.3 Å². The van der Waals surface area contributed by atoms with Gasteiger partial charge in [-0.3, -0.25) is 4.79 Å². The van der Waals surface area contributed by atoms with Crippen LogP contribution in [0.2, 0.25) is 0 Å². The molecule has 1 atom stereocenters. The molecule has 6 nitrogen and oxygen atoms in total. The van der Waals surface area contributed by atoms with Crippen LogP contribution in [-0.4, -0.2) is 54.0 Å². The molecule has 0 bridgehead atoms. The molecule has 1 aromatic rings. The molecule has 3 rings (SSSR count). The summed E-state index contributed by atoms with van der Waals surface area (Å²) in [4.78, 5) is 28.2. The van der Waals surface area contributed by atoms with E-state index in [9.17, 15) is 14.0 Å². The monoisotopic (exact) mass is 349 g/mol. The van der Waals surface area contributed by atoms with Crippen LogP contribution in [0.4, 0.5) is 14.9 Å². The summed E-state index contributed by atoms with van der Waals surface area (Å²) in [5.74, 6) is 0.0931. The summed E-state index contributed by atoms with van der Waals surface area (Å²) in [5.41, 5.74) is 0.452. The van der Waals surface area contributed by atoms with Crippen LogP contribution in [0.5, 0.6) is 5.75 Å². The average Bonchev–Trinajstić information content (AvgIpc) is 3.03. The maximum Gasteiger partial charge on any atom is 0.322 e. The van der Waals surface area contributed by atoms with E-state index in [1.807, 2.05) is 4.90 Å². The Bertz CT molecular complexity index is 652. The normalized spacial score (nSPS) is 20.7. The van der Waals surface area contributed by atoms with E-state index in [1.54, 1.807) is 11.8 Å². The van der Waals surface area contributed by atoms with Gasteiger partial charge in [0.25, 0.3) is 0 Å². The molecule has 1 unspecified atom stereocenters. The van der Waals surface area contributed by atoms with E-state index in [1.165, 1.54) is 18.2 Å². The number of nitrogens with zero attached hydrogens (tertiary/aromatic N) is 2. The number of hydrogen-bond acceptors (Lipinski definition) is 3. The number of benzene rings is 1. The Hall–Kier alpha value is -2.31. The molecule has 1 aromatic carbocycles. The molecule has 3 amide bonds. The molecule has 0 radical (unpaired) electrons. The lowest BCUT2D eigenvalue weighted by Crippen LogP contribution is -2.51. The molecule has 0 aliphatic carbocycles. The average molecular weight is 349 g/mol. The van der Waals surface area contributed by atoms with Gasteiger partial charge < -0.3 is 19.9 Å². The fraction of sp³-hybridized carbons (Fsp3) is 0.556. The summed E-state index contributed by atoms with van der Waals surface area (Å²) >= 11 is 0. The van der Waals surface area contributed by atoms with Crippen LogP contribution in [0.25, 0.3) is 0 Å². The van der Waals surface area contributed by atoms with Crippen LogP contribution in [-0.2, 0) is 4.79 Å². The molecule has 0 saturated carbocycles. The summed E-state index contributed by atoms with van der Waals surface area (Å²) < 4.78 is 18.8. The third kappa shape index (κ3) is 4.03. The number of amides is 3. The van der Waals surface area contributed by atoms with Crippen LogP contribution in [0, 0.1) is 5.82 Å². The van der Waals surface area contributed by atoms with E-state index in [2.05, 4.69) is 5.32 Å². The number of ether oxygens (including phenoxy) is 1. The van der Waals surface area contributed by atoms with Crippen molar-refractivity contribution in [1.82, 2.24) is 9.80 Å². The predicted octanol–water partition coefficient (Wildman–Crippen LogP) is 2.84. The first-order valence-corrected chi connectivity index (χ1v) is 8.86. The summed E-state index contributed by atoms with van der Waals surface area (Å²) in [6, 6.07) is 3.91. The van der Waals surface area contributed by atoms with Crippen molar-refractivity contribution >= 4 is 17.6 Å². The van der Waals surface area contributed by atoms with E-state index >= 15 is 0 Å². The van der Waals surface area contributed by atoms with Crippen LogP contribution in [0.15, 0.2) is 18.2 Å². The third-order valence-corrected chi connectivity index (χ3v) is 4.72. The van der Waals surface area contributed by atoms with Crippen molar-refractivity contribution in [2.75, 3.05) is 31.6 Å². The third-order valence-electron chi connectivity index (χ3n) is 4.72. The maximum atomic E-state index is 13.4. The second-order valence-electron chi connectivity index (χ2n) is 6.44. The molecular weight excluding hydrogens is 325 g/mol. The number of rotatable bonds is 4. The van der Waals surface area contributed by atoms with Crippen molar-refractivity contribution < 1.29 is 18.7 Å². The highest BCUT2D eigenvalue weighted by Gasteiger charge is 2.32. The van der Waals surface area contributed by atoms with Crippen molar-refractivity contribution in [3.05, 3.63) is 24.0 Å². The maximum absolute atomic E-state index is 13.4. The van der Waals surface area contributed by atoms with Crippen molar-refractivity contribution in [1.29, 1.82) is 0 Å². The van der Waals surface area contributed by atoms with Gasteiger partial charge in [-0.25, -0.2) is 9.18 Å². The van der Waals surface area contributed by atoms with Crippen LogP contribution >= 0.6 is 0 Å². The lowest BCUT2D eigenvalue weighted by atomic mass is 10.0. The van der Waals surface area contributed by atoms with Crippen molar-refractivity contribution in [3.8, 4) is 5.75 Å². The van der Waals surface area contributed by atoms with Crippen LogP contribution in [0.3, 0.4) is 0 Å². The van der Waals surface area contributed by atoms with Crippen molar-refractivity contribution in [3.63, 3.8) is 0 Å². The molecule has 2 aliphatic heterocycles. The number of carbonyl (C=O) groups is 2. The SMILES string of the molecule is CCOc1cc(F)ccc1NC(=O)N1CCCC(N2CCCC2=O)C1. The zero-order valence-corrected chi connectivity index (χ0v) is 14.5. The van der Waals surface area contributed by atoms with Crippen LogP contribution in [0.1, 0.15) is 32.6 Å². The van der Waals surface area contributed by atoms with E-state index in [0.29, 0.717) is 37.6 Å². The van der Waals surface area contributed by atoms with Gasteiger partial charge in [-0.15, -0.1) is 0 Å². The van der Waals surface area contributed by atoms with Crippen LogP contribution < -0.4 is 10.1 Å². The standard InChI is InChI=1S/C18H24FN3O3/c1-2-25-16-11-13(19)7-8-15(16)20-18(24)21-9-3-5-14(12-21)22-10-4-6-17(22)23/h7-8,11,14H,2-6,9-10,12H2,1H3,(H,20,24). The molecule has 1 N–H and O–H groups in total. The van der Waals surface area contributed by atoms with Crippen molar-refractivity contribution in [2.45, 2.75) is 38.6 Å². The molecule has 0 spiro atoms. The van der Waals surface area contributed by atoms with Gasteiger partial charge in [0.2, 0.25) is 5.91 Å². The Morgan fingerprint density at radius 3 is 2.92 bits per heavy atom. The molecule has 2 saturated heterocycles. The Morgan fingerprint density at radius 2 is 2.20 bits per heavy atom. The quantitative estimate of drug-likeness (QED) is 0.909. The highest BCUT2D eigenvalue weighted by Crippen LogP contribution is 2.27. The zero-order valence-electron chi connectivity index (χ0n) is 14.5. The molecule has 2 heterocycles. The minimum absolute atomic E-state index is 0.0917. The zero-order chi connectivity index (χ0) is 17.8. The number of piperidine rings is 1. The molecule has 2 fully saturated rings. The van der Waals surface area contributed by atoms with Gasteiger partial charge in [0.15, 0.2) is 0 Å². The Morgan fingerprint density at radius 1 is 1.36 bits per heavy atom. The molecule has 0 aromatic heterocycles. The van der Waals surface area contributed by atoms with Gasteiger partial charge in [-0.1, -0.05) is 0 Å². The fourth-order valence-corrected chi connectivity index (χ4v) is 3.52. The molecular formula is C18H24FN3O3. The first-order valence-electron chi connectivity index (χ1n) is 8.86. The molecule has 7 heteroatoms. The molecule has 25 heavy (non-hydrogen) atoms. The largest absolute Gasteiger partial charge is 0.492 e. The number of likely N-dealkylation sites (tertiary alicyclic amines) is 2. The van der Waals surface area contributed by atoms with Gasteiger partial charge in [-0.2, -0.15) is 0 Å². The number of hydrogen-bond donors (Lipinski definition) is 1. The number of urea groups is 1. The topological polar surface area (TPSA) is 61.9 Å². The van der Waals surface area contributed by atoms with Gasteiger partial charge in [0, 0.05) is 38.2 Å². The Kier molecular flexibility index (Phi) is 5.40. The highest BCUT2D eigenvalue weighted by molar-refractivity contribution is 5.91. The van der Waals surface area contributed by atoms with E-state index in [4.69, 9.17) is 4.74 Å². The highest BCUT2D eigenvalue weighted by atomic mass is 19.1. The number of anilines is 1. The lowest BCUT2D eigenvalue weighted by molar-refractivity contribution is -0.130. The second kappa shape index (κ2) is 7.72. The van der Waals surface area contributed by atoms with Crippen molar-refractivity contribution in [2.24, 2.45) is 0 Å². The summed E-state index contributed by atoms with van der Waals surface area (Å²) in [6.45, 7) is 4.15. The van der Waals surface area contributed by atoms with Gasteiger partial charge in [0.1, 0.15) is 11.6 Å². The molecule has 136 valence electrons. The first kappa shape index (κ1) is 17.5. The smallest absolute Gasteiger partial charge is 0.322 e. The number of carbonyl (C=O) groups excluding carboxylic acids is 2. The minimum atomic E-state index is -0.410. The van der Waals surface area contributed by atoms with E-state index in [-0.39, 0.29) is 18.0 Å². The van der Waals surface area contributed by atoms with Gasteiger partial charge in [0.05, 0.1) is 12.3 Å². The summed E-state index contributed by atoms with van der Waals surface area (Å²) in [6.07, 6.45) is 3.30. The summed E-state index contributed by atoms with van der Waals surface area (Å²) in [7, 11) is 0. The number of nitrogens with one attached hydrogen (secondary N) is 1. The Labute approximate surface area is 146 Å². The lowest BCUT2D eigenvalue weighted by Gasteiger charge is -2.37. The number of halogens is 1. The second-order valence-corrected chi connectivity index (χ2v) is 6.44. The fourth-order valence-electron chi connectivity index (χ4n) is 3.52. The minimum Gasteiger partial charge on any atom is -0.492 e. The van der Waals surface area contributed by atoms with E-state index < -0.39 is 5.82 Å². The van der Waals surface area contributed by atoms with E-state index in [0.717, 1.165) is 25.8 Å². The summed E-state index contributed by atoms with van der Waals surface area (Å²) in [5, 5.41) is 2.81. The molecule has 2 aliphatic rings. The van der Waals surface area contributed by atoms with Gasteiger partial charge >= 0.3 is 6.03 Å². The predicted molar refractivity (Wildman–Crippen MR) is 92.1 cm³/mol. The Balaban J connectivity index is 1.66. The first-order chi connectivity index (χ1) is 12.1.